The highest BCUT2D eigenvalue weighted by molar-refractivity contribution is 6.37. The van der Waals surface area contributed by atoms with Crippen LogP contribution in [0, 0.1) is 0 Å². The number of amidine groups is 1. The maximum Gasteiger partial charge on any atom is 0.254 e. The van der Waals surface area contributed by atoms with Gasteiger partial charge in [0.15, 0.2) is 0 Å². The minimum Gasteiger partial charge on any atom is -0.508 e. The lowest BCUT2D eigenvalue weighted by Gasteiger charge is -2.25. The monoisotopic (exact) mass is 316 g/mol. The molecule has 0 saturated heterocycles. The van der Waals surface area contributed by atoms with Crippen LogP contribution in [0.2, 0.25) is 0 Å². The number of phenolic OH excluding ortho intramolecular Hbond substituents is 1. The molecule has 1 N–H and O–H groups in total. The van der Waals surface area contributed by atoms with E-state index in [4.69, 9.17) is 0 Å². The second-order valence-corrected chi connectivity index (χ2v) is 5.65. The smallest absolute Gasteiger partial charge is 0.254 e. The molecule has 24 heavy (non-hydrogen) atoms. The number of rotatable bonds is 3. The molecule has 0 bridgehead atoms. The van der Waals surface area contributed by atoms with Crippen molar-refractivity contribution in [2.45, 2.75) is 12.5 Å². The molecule has 4 rings (SSSR count). The SMILES string of the molecule is O=C1C(Cc2ccccc2)N=C2[C-]=NC(c3ccc(O)cc3)=CN12. The van der Waals surface area contributed by atoms with Crippen LogP contribution in [0.15, 0.2) is 70.8 Å². The minimum absolute atomic E-state index is 0.0764. The summed E-state index contributed by atoms with van der Waals surface area (Å²) in [5.41, 5.74) is 2.49. The van der Waals surface area contributed by atoms with Gasteiger partial charge in [-0.05, 0) is 23.9 Å². The Morgan fingerprint density at radius 1 is 1.08 bits per heavy atom. The molecule has 5 heteroatoms. The van der Waals surface area contributed by atoms with Gasteiger partial charge in [-0.15, -0.1) is 6.21 Å². The summed E-state index contributed by atoms with van der Waals surface area (Å²) in [6.07, 6.45) is 5.07. The molecule has 1 amide bonds. The van der Waals surface area contributed by atoms with Gasteiger partial charge in [-0.25, -0.2) is 0 Å². The van der Waals surface area contributed by atoms with Crippen LogP contribution >= 0.6 is 0 Å². The number of hydrogen-bond acceptors (Lipinski definition) is 4. The van der Waals surface area contributed by atoms with E-state index in [0.717, 1.165) is 11.1 Å². The van der Waals surface area contributed by atoms with E-state index in [1.165, 1.54) is 4.90 Å². The van der Waals surface area contributed by atoms with Crippen LogP contribution in [-0.2, 0) is 11.2 Å². The Labute approximate surface area is 139 Å². The van der Waals surface area contributed by atoms with Crippen LogP contribution < -0.4 is 0 Å². The third kappa shape index (κ3) is 2.60. The van der Waals surface area contributed by atoms with Crippen molar-refractivity contribution in [2.75, 3.05) is 0 Å². The second-order valence-electron chi connectivity index (χ2n) is 5.65. The molecular weight excluding hydrogens is 302 g/mol. The molecule has 2 heterocycles. The van der Waals surface area contributed by atoms with Gasteiger partial charge in [-0.1, -0.05) is 53.7 Å². The zero-order valence-corrected chi connectivity index (χ0v) is 12.8. The van der Waals surface area contributed by atoms with Crippen molar-refractivity contribution < 1.29 is 9.90 Å². The lowest BCUT2D eigenvalue weighted by Crippen LogP contribution is -2.33. The fourth-order valence-corrected chi connectivity index (χ4v) is 2.74. The fourth-order valence-electron chi connectivity index (χ4n) is 2.74. The van der Waals surface area contributed by atoms with Gasteiger partial charge >= 0.3 is 0 Å². The van der Waals surface area contributed by atoms with Gasteiger partial charge in [0.25, 0.3) is 5.91 Å². The largest absolute Gasteiger partial charge is 0.508 e. The van der Waals surface area contributed by atoms with E-state index >= 15 is 0 Å². The van der Waals surface area contributed by atoms with Crippen LogP contribution in [-0.4, -0.2) is 34.0 Å². The third-order valence-corrected chi connectivity index (χ3v) is 3.99. The number of carbonyl (C=O) groups excluding carboxylic acids is 1. The number of benzene rings is 2. The zero-order chi connectivity index (χ0) is 16.5. The van der Waals surface area contributed by atoms with E-state index in [1.807, 2.05) is 30.3 Å². The van der Waals surface area contributed by atoms with Crippen molar-refractivity contribution in [1.29, 1.82) is 0 Å². The molecule has 2 aliphatic rings. The summed E-state index contributed by atoms with van der Waals surface area (Å²) in [5.74, 6) is 0.557. The van der Waals surface area contributed by atoms with Crippen LogP contribution in [0.25, 0.3) is 5.70 Å². The molecule has 0 aromatic heterocycles. The van der Waals surface area contributed by atoms with Crippen LogP contribution in [0.4, 0.5) is 0 Å². The number of aromatic hydroxyl groups is 1. The summed E-state index contributed by atoms with van der Waals surface area (Å²) < 4.78 is 0. The Morgan fingerprint density at radius 2 is 1.83 bits per heavy atom. The molecule has 1 atom stereocenters. The van der Waals surface area contributed by atoms with E-state index in [1.54, 1.807) is 30.5 Å². The number of fused-ring (bicyclic) bond motifs is 1. The fraction of sp³-hybridized carbons (Fsp3) is 0.105. The minimum atomic E-state index is -0.444. The lowest BCUT2D eigenvalue weighted by atomic mass is 10.1. The van der Waals surface area contributed by atoms with Gasteiger partial charge < -0.3 is 15.0 Å². The molecule has 0 spiro atoms. The van der Waals surface area contributed by atoms with Gasteiger partial charge in [0.1, 0.15) is 11.8 Å². The highest BCUT2D eigenvalue weighted by Gasteiger charge is 2.30. The number of hydrogen-bond donors (Lipinski definition) is 1. The summed E-state index contributed by atoms with van der Waals surface area (Å²) in [5, 5.41) is 9.37. The summed E-state index contributed by atoms with van der Waals surface area (Å²) in [6.45, 7) is 0. The number of aliphatic imine (C=N–C) groups is 2. The normalized spacial score (nSPS) is 19.1. The standard InChI is InChI=1S/C19H14N3O2/c23-15-8-6-14(7-9-15)17-12-22-18(11-20-17)21-16(19(22)24)10-13-4-2-1-3-5-13/h1-9,12,16,23H,10H2/q-1. The maximum atomic E-state index is 12.6. The quantitative estimate of drug-likeness (QED) is 0.884. The molecule has 2 aromatic rings. The predicted molar refractivity (Wildman–Crippen MR) is 91.7 cm³/mol. The number of carbonyl (C=O) groups is 1. The molecule has 5 nitrogen and oxygen atoms in total. The zero-order valence-electron chi connectivity index (χ0n) is 12.8. The highest BCUT2D eigenvalue weighted by atomic mass is 16.3. The van der Waals surface area contributed by atoms with Crippen molar-refractivity contribution >= 4 is 23.7 Å². The molecule has 0 saturated carbocycles. The Balaban J connectivity index is 1.58. The first-order chi connectivity index (χ1) is 11.7. The topological polar surface area (TPSA) is 65.3 Å². The van der Waals surface area contributed by atoms with Crippen molar-refractivity contribution in [2.24, 2.45) is 9.98 Å². The molecule has 0 fully saturated rings. The Hall–Kier alpha value is -3.21. The third-order valence-electron chi connectivity index (χ3n) is 3.99. The van der Waals surface area contributed by atoms with Gasteiger partial charge in [-0.3, -0.25) is 9.79 Å². The number of nitrogens with zero attached hydrogens (tertiary/aromatic N) is 3. The Kier molecular flexibility index (Phi) is 3.46. The molecular formula is C19H14N3O2-. The lowest BCUT2D eigenvalue weighted by molar-refractivity contribution is -0.125. The van der Waals surface area contributed by atoms with Crippen molar-refractivity contribution in [3.8, 4) is 5.75 Å². The van der Waals surface area contributed by atoms with E-state index < -0.39 is 6.04 Å². The Morgan fingerprint density at radius 3 is 2.58 bits per heavy atom. The molecule has 2 aliphatic heterocycles. The molecule has 1 unspecified atom stereocenters. The maximum absolute atomic E-state index is 12.6. The summed E-state index contributed by atoms with van der Waals surface area (Å²) in [4.78, 5) is 22.8. The van der Waals surface area contributed by atoms with E-state index in [9.17, 15) is 9.90 Å². The molecule has 2 aromatic carbocycles. The first-order valence-electron chi connectivity index (χ1n) is 7.63. The van der Waals surface area contributed by atoms with Crippen LogP contribution in [0.3, 0.4) is 0 Å². The van der Waals surface area contributed by atoms with Crippen molar-refractivity contribution in [1.82, 2.24) is 4.90 Å². The predicted octanol–water partition coefficient (Wildman–Crippen LogP) is 2.50. The van der Waals surface area contributed by atoms with E-state index in [0.29, 0.717) is 18.0 Å². The Bertz CT molecular complexity index is 867. The van der Waals surface area contributed by atoms with E-state index in [2.05, 4.69) is 16.2 Å². The molecule has 0 radical (unpaired) electrons. The average molecular weight is 316 g/mol. The van der Waals surface area contributed by atoms with Gasteiger partial charge in [0.2, 0.25) is 0 Å². The van der Waals surface area contributed by atoms with Crippen LogP contribution in [0.1, 0.15) is 11.1 Å². The average Bonchev–Trinajstić information content (AvgIpc) is 2.92. The summed E-state index contributed by atoms with van der Waals surface area (Å²) in [7, 11) is 0. The van der Waals surface area contributed by atoms with Crippen molar-refractivity contribution in [3.05, 3.63) is 71.9 Å². The van der Waals surface area contributed by atoms with Crippen molar-refractivity contribution in [3.63, 3.8) is 0 Å². The van der Waals surface area contributed by atoms with E-state index in [-0.39, 0.29) is 11.7 Å². The van der Waals surface area contributed by atoms with Crippen LogP contribution in [0.5, 0.6) is 5.75 Å². The molecule has 0 aliphatic carbocycles. The second kappa shape index (κ2) is 5.77. The van der Waals surface area contributed by atoms with Gasteiger partial charge in [0.05, 0.1) is 5.84 Å². The van der Waals surface area contributed by atoms with Gasteiger partial charge in [-0.2, -0.15) is 0 Å². The number of phenols is 1. The summed E-state index contributed by atoms with van der Waals surface area (Å²) >= 11 is 0. The van der Waals surface area contributed by atoms with Gasteiger partial charge in [0, 0.05) is 6.42 Å². The number of amides is 1. The summed E-state index contributed by atoms with van der Waals surface area (Å²) in [6, 6.07) is 16.0. The first kappa shape index (κ1) is 14.4. The molecule has 118 valence electrons. The highest BCUT2D eigenvalue weighted by Crippen LogP contribution is 2.25. The first-order valence-corrected chi connectivity index (χ1v) is 7.63.